The van der Waals surface area contributed by atoms with Crippen molar-refractivity contribution in [3.8, 4) is 0 Å². The summed E-state index contributed by atoms with van der Waals surface area (Å²) in [6.45, 7) is 7.17. The van der Waals surface area contributed by atoms with E-state index in [4.69, 9.17) is 0 Å². The molecular weight excluding hydrogens is 376 g/mol. The van der Waals surface area contributed by atoms with Crippen LogP contribution in [0, 0.1) is 5.92 Å². The minimum atomic E-state index is -0.276. The molecule has 0 aromatic carbocycles. The molecule has 8 heteroatoms. The van der Waals surface area contributed by atoms with Crippen LogP contribution in [0.15, 0.2) is 11.1 Å². The zero-order valence-electron chi connectivity index (χ0n) is 17.0. The number of likely N-dealkylation sites (N-methyl/N-ethyl adjacent to an activating group) is 2. The van der Waals surface area contributed by atoms with Gasteiger partial charge in [0.15, 0.2) is 0 Å². The van der Waals surface area contributed by atoms with Gasteiger partial charge < -0.3 is 9.80 Å². The summed E-state index contributed by atoms with van der Waals surface area (Å²) in [5.41, 5.74) is 0.955. The molecule has 2 heterocycles. The molecule has 28 heavy (non-hydrogen) atoms. The smallest absolute Gasteiger partial charge is 0.262 e. The molecule has 0 saturated carbocycles. The molecule has 0 aliphatic heterocycles. The molecule has 2 aromatic rings. The van der Waals surface area contributed by atoms with Crippen molar-refractivity contribution in [2.75, 3.05) is 26.7 Å². The van der Waals surface area contributed by atoms with Gasteiger partial charge in [0.1, 0.15) is 11.4 Å². The Balaban J connectivity index is 1.79. The zero-order chi connectivity index (χ0) is 20.4. The van der Waals surface area contributed by atoms with E-state index < -0.39 is 0 Å². The first kappa shape index (κ1) is 20.5. The van der Waals surface area contributed by atoms with Crippen molar-refractivity contribution in [1.82, 2.24) is 19.4 Å². The van der Waals surface area contributed by atoms with E-state index in [1.165, 1.54) is 20.7 Å². The summed E-state index contributed by atoms with van der Waals surface area (Å²) in [6.07, 6.45) is 4.41. The Morgan fingerprint density at radius 2 is 2.00 bits per heavy atom. The molecule has 1 aliphatic carbocycles. The van der Waals surface area contributed by atoms with Crippen molar-refractivity contribution in [2.45, 2.75) is 46.6 Å². The average molecular weight is 405 g/mol. The standard InChI is InChI=1S/C20H28N4O3S/c1-5-23(6-2)17(26)10-22(4)16(25)11-24-12-21-19-18(20(24)27)14-8-7-13(3)9-15(14)28-19/h12-13H,5-11H2,1-4H3/t13-/m0/s1. The van der Waals surface area contributed by atoms with Crippen LogP contribution in [0.2, 0.25) is 0 Å². The minimum Gasteiger partial charge on any atom is -0.342 e. The van der Waals surface area contributed by atoms with Crippen molar-refractivity contribution in [3.05, 3.63) is 27.1 Å². The Morgan fingerprint density at radius 1 is 1.29 bits per heavy atom. The largest absolute Gasteiger partial charge is 0.342 e. The van der Waals surface area contributed by atoms with Crippen LogP contribution in [0.3, 0.4) is 0 Å². The van der Waals surface area contributed by atoms with Crippen molar-refractivity contribution in [1.29, 1.82) is 0 Å². The highest BCUT2D eigenvalue weighted by molar-refractivity contribution is 7.18. The van der Waals surface area contributed by atoms with Gasteiger partial charge in [-0.25, -0.2) is 4.98 Å². The first-order valence-electron chi connectivity index (χ1n) is 9.87. The lowest BCUT2D eigenvalue weighted by Crippen LogP contribution is -2.42. The Bertz CT molecular complexity index is 945. The molecule has 7 nitrogen and oxygen atoms in total. The Kier molecular flexibility index (Phi) is 6.17. The van der Waals surface area contributed by atoms with E-state index in [2.05, 4.69) is 11.9 Å². The molecule has 0 spiro atoms. The number of hydrogen-bond acceptors (Lipinski definition) is 5. The molecule has 0 saturated heterocycles. The fourth-order valence-corrected chi connectivity index (χ4v) is 5.05. The van der Waals surface area contributed by atoms with Crippen molar-refractivity contribution < 1.29 is 9.59 Å². The molecule has 152 valence electrons. The lowest BCUT2D eigenvalue weighted by Gasteiger charge is -2.23. The third-order valence-corrected chi connectivity index (χ3v) is 6.66. The van der Waals surface area contributed by atoms with Gasteiger partial charge in [-0.05, 0) is 44.6 Å². The number of aromatic nitrogens is 2. The summed E-state index contributed by atoms with van der Waals surface area (Å²) in [6, 6.07) is 0. The summed E-state index contributed by atoms with van der Waals surface area (Å²) >= 11 is 1.60. The monoisotopic (exact) mass is 404 g/mol. The van der Waals surface area contributed by atoms with Gasteiger partial charge >= 0.3 is 0 Å². The Morgan fingerprint density at radius 3 is 2.68 bits per heavy atom. The van der Waals surface area contributed by atoms with Crippen molar-refractivity contribution in [3.63, 3.8) is 0 Å². The van der Waals surface area contributed by atoms with E-state index in [9.17, 15) is 14.4 Å². The maximum Gasteiger partial charge on any atom is 0.262 e. The minimum absolute atomic E-state index is 0.0106. The fraction of sp³-hybridized carbons (Fsp3) is 0.600. The number of hydrogen-bond donors (Lipinski definition) is 0. The van der Waals surface area contributed by atoms with E-state index >= 15 is 0 Å². The topological polar surface area (TPSA) is 75.5 Å². The molecule has 0 fully saturated rings. The SMILES string of the molecule is CCN(CC)C(=O)CN(C)C(=O)Cn1cnc2sc3c(c2c1=O)CC[C@H](C)C3. The molecule has 2 aromatic heterocycles. The van der Waals surface area contributed by atoms with Crippen LogP contribution in [-0.4, -0.2) is 57.8 Å². The van der Waals surface area contributed by atoms with Crippen molar-refractivity contribution >= 4 is 33.4 Å². The quantitative estimate of drug-likeness (QED) is 0.737. The number of thiophene rings is 1. The van der Waals surface area contributed by atoms with Crippen LogP contribution < -0.4 is 5.56 Å². The van der Waals surface area contributed by atoms with E-state index in [1.54, 1.807) is 23.3 Å². The maximum atomic E-state index is 13.0. The summed E-state index contributed by atoms with van der Waals surface area (Å²) in [7, 11) is 1.59. The van der Waals surface area contributed by atoms with Crippen LogP contribution >= 0.6 is 11.3 Å². The molecule has 0 radical (unpaired) electrons. The molecule has 0 bridgehead atoms. The molecule has 3 rings (SSSR count). The number of rotatable bonds is 6. The van der Waals surface area contributed by atoms with Crippen LogP contribution in [-0.2, 0) is 29.0 Å². The predicted octanol–water partition coefficient (Wildman–Crippen LogP) is 1.91. The van der Waals surface area contributed by atoms with Gasteiger partial charge in [-0.15, -0.1) is 11.3 Å². The Labute approximate surface area is 169 Å². The van der Waals surface area contributed by atoms with Gasteiger partial charge in [0.2, 0.25) is 11.8 Å². The van der Waals surface area contributed by atoms with Gasteiger partial charge in [-0.1, -0.05) is 6.92 Å². The van der Waals surface area contributed by atoms with Crippen LogP contribution in [0.25, 0.3) is 10.2 Å². The second-order valence-electron chi connectivity index (χ2n) is 7.53. The summed E-state index contributed by atoms with van der Waals surface area (Å²) in [4.78, 5) is 47.3. The number of carbonyl (C=O) groups is 2. The van der Waals surface area contributed by atoms with Crippen molar-refractivity contribution in [2.24, 2.45) is 5.92 Å². The first-order valence-corrected chi connectivity index (χ1v) is 10.7. The second-order valence-corrected chi connectivity index (χ2v) is 8.61. The van der Waals surface area contributed by atoms with Crippen LogP contribution in [0.5, 0.6) is 0 Å². The zero-order valence-corrected chi connectivity index (χ0v) is 17.8. The first-order chi connectivity index (χ1) is 13.3. The predicted molar refractivity (Wildman–Crippen MR) is 111 cm³/mol. The van der Waals surface area contributed by atoms with E-state index in [0.717, 1.165) is 29.7 Å². The number of fused-ring (bicyclic) bond motifs is 3. The third kappa shape index (κ3) is 3.97. The Hall–Kier alpha value is -2.22. The number of nitrogens with zero attached hydrogens (tertiary/aromatic N) is 4. The fourth-order valence-electron chi connectivity index (χ4n) is 3.71. The highest BCUT2D eigenvalue weighted by atomic mass is 32.1. The number of carbonyl (C=O) groups excluding carboxylic acids is 2. The van der Waals surface area contributed by atoms with E-state index in [1.807, 2.05) is 13.8 Å². The lowest BCUT2D eigenvalue weighted by atomic mass is 9.89. The van der Waals surface area contributed by atoms with Gasteiger partial charge in [-0.2, -0.15) is 0 Å². The molecular formula is C20H28N4O3S. The molecule has 0 N–H and O–H groups in total. The lowest BCUT2D eigenvalue weighted by molar-refractivity contribution is -0.139. The third-order valence-electron chi connectivity index (χ3n) is 5.50. The second kappa shape index (κ2) is 8.43. The summed E-state index contributed by atoms with van der Waals surface area (Å²) in [5.74, 6) is 0.255. The van der Waals surface area contributed by atoms with Gasteiger partial charge in [0, 0.05) is 25.0 Å². The summed E-state index contributed by atoms with van der Waals surface area (Å²) < 4.78 is 1.37. The number of amides is 2. The molecule has 2 amide bonds. The van der Waals surface area contributed by atoms with Gasteiger partial charge in [-0.3, -0.25) is 19.0 Å². The highest BCUT2D eigenvalue weighted by Crippen LogP contribution is 2.35. The van der Waals surface area contributed by atoms with Gasteiger partial charge in [0.05, 0.1) is 18.3 Å². The van der Waals surface area contributed by atoms with Crippen LogP contribution in [0.1, 0.15) is 37.6 Å². The average Bonchev–Trinajstić information content (AvgIpc) is 3.02. The summed E-state index contributed by atoms with van der Waals surface area (Å²) in [5, 5.41) is 0.670. The van der Waals surface area contributed by atoms with E-state index in [0.29, 0.717) is 24.4 Å². The van der Waals surface area contributed by atoms with Gasteiger partial charge in [0.25, 0.3) is 5.56 Å². The highest BCUT2D eigenvalue weighted by Gasteiger charge is 2.24. The molecule has 1 atom stereocenters. The van der Waals surface area contributed by atoms with E-state index in [-0.39, 0.29) is 30.5 Å². The normalized spacial score (nSPS) is 16.1. The van der Waals surface area contributed by atoms with Crippen LogP contribution in [0.4, 0.5) is 0 Å². The molecule has 0 unspecified atom stereocenters. The maximum absolute atomic E-state index is 13.0. The number of aryl methyl sites for hydroxylation is 1. The molecule has 1 aliphatic rings.